The Kier molecular flexibility index (Phi) is 11.0. The first-order valence-electron chi connectivity index (χ1n) is 15.9. The van der Waals surface area contributed by atoms with Gasteiger partial charge in [-0.25, -0.2) is 4.79 Å². The largest absolute Gasteiger partial charge is 0.416 e. The minimum absolute atomic E-state index is 0.0258. The summed E-state index contributed by atoms with van der Waals surface area (Å²) >= 11 is 0. The average molecular weight is 640 g/mol. The van der Waals surface area contributed by atoms with Crippen LogP contribution in [0.2, 0.25) is 0 Å². The lowest BCUT2D eigenvalue weighted by Gasteiger charge is -2.32. The molecule has 1 fully saturated rings. The lowest BCUT2D eigenvalue weighted by Crippen LogP contribution is -2.41. The van der Waals surface area contributed by atoms with Gasteiger partial charge in [0.15, 0.2) is 0 Å². The fourth-order valence-corrected chi connectivity index (χ4v) is 6.22. The van der Waals surface area contributed by atoms with Gasteiger partial charge in [0.1, 0.15) is 5.65 Å². The highest BCUT2D eigenvalue weighted by Crippen LogP contribution is 2.34. The number of aromatic amines is 1. The summed E-state index contributed by atoms with van der Waals surface area (Å²) in [4.78, 5) is 20.3. The predicted octanol–water partition coefficient (Wildman–Crippen LogP) is 5.16. The number of halogens is 3. The van der Waals surface area contributed by atoms with Crippen molar-refractivity contribution in [3.8, 4) is 16.9 Å². The van der Waals surface area contributed by atoms with Crippen LogP contribution in [0.1, 0.15) is 68.2 Å². The molecule has 248 valence electrons. The van der Waals surface area contributed by atoms with Crippen LogP contribution in [0.25, 0.3) is 28.0 Å². The number of methoxy groups -OCH3 is 1. The maximum absolute atomic E-state index is 13.8. The van der Waals surface area contributed by atoms with Gasteiger partial charge in [-0.05, 0) is 105 Å². The normalized spacial score (nSPS) is 18.6. The van der Waals surface area contributed by atoms with Gasteiger partial charge in [0, 0.05) is 42.5 Å². The van der Waals surface area contributed by atoms with Crippen molar-refractivity contribution >= 4 is 11.0 Å². The molecule has 2 aromatic heterocycles. The number of nitrogens with zero attached hydrogens (tertiary/aromatic N) is 2. The number of nitrogens with two attached hydrogens (primary N) is 2. The van der Waals surface area contributed by atoms with Crippen LogP contribution in [-0.4, -0.2) is 53.0 Å². The number of alkyl halides is 3. The summed E-state index contributed by atoms with van der Waals surface area (Å²) in [6.07, 6.45) is 3.13. The molecule has 9 nitrogen and oxygen atoms in total. The van der Waals surface area contributed by atoms with E-state index < -0.39 is 17.4 Å². The van der Waals surface area contributed by atoms with Crippen LogP contribution >= 0.6 is 0 Å². The van der Waals surface area contributed by atoms with Crippen LogP contribution in [0, 0.1) is 0 Å². The maximum Gasteiger partial charge on any atom is 0.416 e. The Morgan fingerprint density at radius 3 is 2.63 bits per heavy atom. The third-order valence-corrected chi connectivity index (χ3v) is 8.58. The first kappa shape index (κ1) is 33.8. The standard InChI is InChI=1S/C34H44F3N7O2/c1-21(38)40-14-13-28-7-4-8-30(41-28)23-9-11-29(12-10-23)44-19-25-18-31(42-32(25)43-33(44)45)24-15-22(5-3-6-27(39)20-46-2)16-26(17-24)34(35,36)37/h9-12,15-19,21,27-28,30,40-41H,3-8,13-14,20,38-39H2,1-2H3,(H,42,43,45)/t21?,27-,28+,30+/m1/s1. The van der Waals surface area contributed by atoms with E-state index in [-0.39, 0.29) is 18.2 Å². The molecular formula is C34H44F3N7O2. The van der Waals surface area contributed by atoms with Gasteiger partial charge in [-0.2, -0.15) is 18.2 Å². The maximum atomic E-state index is 13.8. The van der Waals surface area contributed by atoms with Crippen molar-refractivity contribution < 1.29 is 17.9 Å². The van der Waals surface area contributed by atoms with E-state index in [9.17, 15) is 18.0 Å². The Bertz CT molecular complexity index is 1650. The molecule has 0 saturated carbocycles. The number of piperidine rings is 1. The second-order valence-electron chi connectivity index (χ2n) is 12.4. The highest BCUT2D eigenvalue weighted by Gasteiger charge is 2.31. The van der Waals surface area contributed by atoms with Crippen LogP contribution in [-0.2, 0) is 17.3 Å². The smallest absolute Gasteiger partial charge is 0.383 e. The fraction of sp³-hybridized carbons (Fsp3) is 0.471. The van der Waals surface area contributed by atoms with Crippen LogP contribution in [0.4, 0.5) is 13.2 Å². The second kappa shape index (κ2) is 14.9. The van der Waals surface area contributed by atoms with E-state index in [1.165, 1.54) is 10.6 Å². The van der Waals surface area contributed by atoms with Gasteiger partial charge in [0.2, 0.25) is 0 Å². The molecule has 1 saturated heterocycles. The Morgan fingerprint density at radius 2 is 1.91 bits per heavy atom. The number of ether oxygens (including phenoxy) is 1. The van der Waals surface area contributed by atoms with Gasteiger partial charge in [-0.15, -0.1) is 0 Å². The molecule has 7 N–H and O–H groups in total. The summed E-state index contributed by atoms with van der Waals surface area (Å²) in [5.41, 5.74) is 14.1. The highest BCUT2D eigenvalue weighted by atomic mass is 19.4. The number of benzene rings is 2. The van der Waals surface area contributed by atoms with Crippen molar-refractivity contribution in [3.05, 3.63) is 81.9 Å². The fourth-order valence-electron chi connectivity index (χ4n) is 6.22. The molecule has 46 heavy (non-hydrogen) atoms. The number of nitrogens with one attached hydrogen (secondary N) is 3. The van der Waals surface area contributed by atoms with Crippen molar-refractivity contribution in [2.45, 2.75) is 82.3 Å². The van der Waals surface area contributed by atoms with Crippen molar-refractivity contribution in [3.63, 3.8) is 0 Å². The minimum Gasteiger partial charge on any atom is -0.383 e. The Morgan fingerprint density at radius 1 is 1.13 bits per heavy atom. The average Bonchev–Trinajstić information content (AvgIpc) is 3.43. The number of H-pyrrole nitrogens is 1. The van der Waals surface area contributed by atoms with E-state index in [0.29, 0.717) is 65.5 Å². The molecule has 5 rings (SSSR count). The first-order chi connectivity index (χ1) is 22.0. The lowest BCUT2D eigenvalue weighted by atomic mass is 9.92. The molecule has 0 spiro atoms. The van der Waals surface area contributed by atoms with Gasteiger partial charge < -0.3 is 31.8 Å². The summed E-state index contributed by atoms with van der Waals surface area (Å²) in [7, 11) is 1.57. The summed E-state index contributed by atoms with van der Waals surface area (Å²) in [5, 5.41) is 7.63. The summed E-state index contributed by atoms with van der Waals surface area (Å²) in [6.45, 7) is 3.19. The van der Waals surface area contributed by atoms with E-state index in [1.54, 1.807) is 25.4 Å². The molecule has 0 bridgehead atoms. The topological polar surface area (TPSA) is 136 Å². The summed E-state index contributed by atoms with van der Waals surface area (Å²) in [5.74, 6) is 0. The van der Waals surface area contributed by atoms with Crippen molar-refractivity contribution in [2.75, 3.05) is 20.3 Å². The molecule has 1 unspecified atom stereocenters. The zero-order chi connectivity index (χ0) is 32.8. The Labute approximate surface area is 266 Å². The van der Waals surface area contributed by atoms with Crippen LogP contribution in [0.15, 0.2) is 59.5 Å². The second-order valence-corrected chi connectivity index (χ2v) is 12.4. The Hall–Kier alpha value is -3.55. The zero-order valence-corrected chi connectivity index (χ0v) is 26.4. The molecule has 1 aliphatic rings. The van der Waals surface area contributed by atoms with E-state index in [4.69, 9.17) is 16.2 Å². The third-order valence-electron chi connectivity index (χ3n) is 8.58. The quantitative estimate of drug-likeness (QED) is 0.128. The number of aryl methyl sites for hydroxylation is 1. The van der Waals surface area contributed by atoms with Crippen LogP contribution in [0.5, 0.6) is 0 Å². The van der Waals surface area contributed by atoms with Gasteiger partial charge in [-0.1, -0.05) is 18.6 Å². The van der Waals surface area contributed by atoms with E-state index in [2.05, 4.69) is 20.6 Å². The van der Waals surface area contributed by atoms with Crippen molar-refractivity contribution in [1.29, 1.82) is 0 Å². The monoisotopic (exact) mass is 639 g/mol. The molecule has 12 heteroatoms. The number of hydrogen-bond donors (Lipinski definition) is 5. The molecule has 2 aromatic carbocycles. The number of aromatic nitrogens is 3. The number of hydrogen-bond acceptors (Lipinski definition) is 7. The van der Waals surface area contributed by atoms with Gasteiger partial charge in [0.25, 0.3) is 0 Å². The van der Waals surface area contributed by atoms with E-state index in [0.717, 1.165) is 43.9 Å². The van der Waals surface area contributed by atoms with Gasteiger partial charge >= 0.3 is 11.9 Å². The van der Waals surface area contributed by atoms with Crippen molar-refractivity contribution in [1.82, 2.24) is 25.2 Å². The summed E-state index contributed by atoms with van der Waals surface area (Å²) < 4.78 is 48.0. The van der Waals surface area contributed by atoms with Gasteiger partial charge in [-0.3, -0.25) is 4.57 Å². The van der Waals surface area contributed by atoms with Crippen LogP contribution < -0.4 is 27.8 Å². The number of rotatable bonds is 13. The lowest BCUT2D eigenvalue weighted by molar-refractivity contribution is -0.137. The molecular weight excluding hydrogens is 595 g/mol. The van der Waals surface area contributed by atoms with E-state index >= 15 is 0 Å². The summed E-state index contributed by atoms with van der Waals surface area (Å²) in [6, 6.07) is 14.1. The zero-order valence-electron chi connectivity index (χ0n) is 26.4. The van der Waals surface area contributed by atoms with Crippen molar-refractivity contribution in [2.24, 2.45) is 11.5 Å². The molecule has 4 aromatic rings. The Balaban J connectivity index is 1.35. The van der Waals surface area contributed by atoms with Gasteiger partial charge in [0.05, 0.1) is 24.0 Å². The molecule has 0 aliphatic carbocycles. The molecule has 0 radical (unpaired) electrons. The minimum atomic E-state index is -4.51. The van der Waals surface area contributed by atoms with Crippen LogP contribution in [0.3, 0.4) is 0 Å². The number of fused-ring (bicyclic) bond motifs is 1. The molecule has 0 amide bonds. The third kappa shape index (κ3) is 8.62. The molecule has 3 heterocycles. The van der Waals surface area contributed by atoms with E-state index in [1.807, 2.05) is 31.2 Å². The SMILES string of the molecule is COC[C@H](N)CCCc1cc(-c2cc3cn(-c4ccc([C@@H]5CCC[C@@H](CCNC(C)N)N5)cc4)c(=O)nc3[nH]2)cc(C(F)(F)F)c1. The molecule has 4 atom stereocenters. The highest BCUT2D eigenvalue weighted by molar-refractivity contribution is 5.82. The predicted molar refractivity (Wildman–Crippen MR) is 175 cm³/mol. The first-order valence-corrected chi connectivity index (χ1v) is 15.9. The molecule has 1 aliphatic heterocycles.